The van der Waals surface area contributed by atoms with Crippen LogP contribution in [0.25, 0.3) is 0 Å². The van der Waals surface area contributed by atoms with Gasteiger partial charge in [0, 0.05) is 22.4 Å². The van der Waals surface area contributed by atoms with Crippen molar-refractivity contribution in [1.82, 2.24) is 9.55 Å². The van der Waals surface area contributed by atoms with E-state index in [0.717, 1.165) is 5.56 Å². The summed E-state index contributed by atoms with van der Waals surface area (Å²) in [6.07, 6.45) is 4.67. The summed E-state index contributed by atoms with van der Waals surface area (Å²) >= 11 is 12.0. The molecule has 0 radical (unpaired) electrons. The van der Waals surface area contributed by atoms with E-state index in [0.29, 0.717) is 10.0 Å². The van der Waals surface area contributed by atoms with E-state index in [2.05, 4.69) is 4.98 Å². The van der Waals surface area contributed by atoms with Gasteiger partial charge in [0.2, 0.25) is 5.91 Å². The Kier molecular flexibility index (Phi) is 3.46. The van der Waals surface area contributed by atoms with Crippen molar-refractivity contribution in [2.45, 2.75) is 19.3 Å². The van der Waals surface area contributed by atoms with Crippen molar-refractivity contribution in [3.05, 3.63) is 52.5 Å². The quantitative estimate of drug-likeness (QED) is 0.840. The van der Waals surface area contributed by atoms with Gasteiger partial charge in [-0.1, -0.05) is 29.3 Å². The molecule has 0 bridgehead atoms. The lowest BCUT2D eigenvalue weighted by Crippen LogP contribution is -2.33. The number of carbonyl (C=O) groups excluding carboxylic acids is 1. The second kappa shape index (κ2) is 4.75. The van der Waals surface area contributed by atoms with Crippen molar-refractivity contribution in [2.75, 3.05) is 0 Å². The van der Waals surface area contributed by atoms with E-state index in [1.165, 1.54) is 10.9 Å². The molecule has 5 heteroatoms. The zero-order chi connectivity index (χ0) is 13.3. The first-order valence-electron chi connectivity index (χ1n) is 5.41. The Morgan fingerprint density at radius 2 is 2.06 bits per heavy atom. The zero-order valence-corrected chi connectivity index (χ0v) is 11.5. The van der Waals surface area contributed by atoms with Gasteiger partial charge in [-0.05, 0) is 31.5 Å². The maximum absolute atomic E-state index is 12.4. The fraction of sp³-hybridized carbons (Fsp3) is 0.231. The highest BCUT2D eigenvalue weighted by molar-refractivity contribution is 6.35. The molecule has 0 spiro atoms. The number of benzene rings is 1. The Bertz CT molecular complexity index is 577. The highest BCUT2D eigenvalue weighted by Crippen LogP contribution is 2.33. The minimum atomic E-state index is -0.748. The molecular weight excluding hydrogens is 271 g/mol. The maximum Gasteiger partial charge on any atom is 0.241 e. The van der Waals surface area contributed by atoms with E-state index in [-0.39, 0.29) is 5.91 Å². The van der Waals surface area contributed by atoms with Gasteiger partial charge in [0.25, 0.3) is 0 Å². The summed E-state index contributed by atoms with van der Waals surface area (Å²) < 4.78 is 1.45. The number of hydrogen-bond donors (Lipinski definition) is 0. The van der Waals surface area contributed by atoms with Crippen LogP contribution in [-0.2, 0) is 5.41 Å². The summed E-state index contributed by atoms with van der Waals surface area (Å²) in [6.45, 7) is 3.65. The molecular formula is C13H12Cl2N2O. The topological polar surface area (TPSA) is 34.9 Å². The standard InChI is InChI=1S/C13H12Cl2N2O/c1-13(2,12(18)17-6-5-16-8-17)10-4-3-9(14)7-11(10)15/h3-8H,1-2H3. The molecule has 0 N–H and O–H groups in total. The van der Waals surface area contributed by atoms with E-state index < -0.39 is 5.41 Å². The van der Waals surface area contributed by atoms with E-state index in [9.17, 15) is 4.79 Å². The lowest BCUT2D eigenvalue weighted by molar-refractivity contribution is 0.0821. The maximum atomic E-state index is 12.4. The highest BCUT2D eigenvalue weighted by Gasteiger charge is 2.32. The van der Waals surface area contributed by atoms with Crippen molar-refractivity contribution < 1.29 is 4.79 Å². The van der Waals surface area contributed by atoms with E-state index in [1.807, 2.05) is 13.8 Å². The lowest BCUT2D eigenvalue weighted by Gasteiger charge is -2.24. The smallest absolute Gasteiger partial charge is 0.241 e. The molecule has 0 saturated heterocycles. The molecule has 2 rings (SSSR count). The molecule has 0 unspecified atom stereocenters. The average molecular weight is 283 g/mol. The van der Waals surface area contributed by atoms with Crippen LogP contribution in [-0.4, -0.2) is 15.5 Å². The molecule has 2 aromatic rings. The molecule has 1 aromatic heterocycles. The summed E-state index contributed by atoms with van der Waals surface area (Å²) in [5.74, 6) is -0.0933. The third-order valence-electron chi connectivity index (χ3n) is 2.88. The van der Waals surface area contributed by atoms with Gasteiger partial charge in [0.15, 0.2) is 0 Å². The Morgan fingerprint density at radius 3 is 2.61 bits per heavy atom. The van der Waals surface area contributed by atoms with Crippen LogP contribution in [0.4, 0.5) is 0 Å². The first-order chi connectivity index (χ1) is 8.43. The van der Waals surface area contributed by atoms with Crippen molar-refractivity contribution >= 4 is 29.1 Å². The van der Waals surface area contributed by atoms with Crippen LogP contribution in [0.2, 0.25) is 10.0 Å². The molecule has 1 aromatic carbocycles. The van der Waals surface area contributed by atoms with Gasteiger partial charge in [-0.15, -0.1) is 0 Å². The molecule has 0 aliphatic rings. The van der Waals surface area contributed by atoms with Crippen LogP contribution in [0.15, 0.2) is 36.9 Å². The first-order valence-corrected chi connectivity index (χ1v) is 6.17. The van der Waals surface area contributed by atoms with Crippen molar-refractivity contribution in [3.63, 3.8) is 0 Å². The van der Waals surface area contributed by atoms with E-state index >= 15 is 0 Å². The summed E-state index contributed by atoms with van der Waals surface area (Å²) in [7, 11) is 0. The summed E-state index contributed by atoms with van der Waals surface area (Å²) in [6, 6.07) is 5.15. The van der Waals surface area contributed by atoms with Crippen LogP contribution in [0.1, 0.15) is 24.2 Å². The van der Waals surface area contributed by atoms with Crippen molar-refractivity contribution in [2.24, 2.45) is 0 Å². The van der Waals surface area contributed by atoms with Gasteiger partial charge in [-0.2, -0.15) is 0 Å². The van der Waals surface area contributed by atoms with Gasteiger partial charge >= 0.3 is 0 Å². The number of halogens is 2. The van der Waals surface area contributed by atoms with Gasteiger partial charge in [-0.25, -0.2) is 4.98 Å². The van der Waals surface area contributed by atoms with Crippen molar-refractivity contribution in [1.29, 1.82) is 0 Å². The predicted molar refractivity (Wildman–Crippen MR) is 72.3 cm³/mol. The summed E-state index contributed by atoms with van der Waals surface area (Å²) in [4.78, 5) is 16.3. The Morgan fingerprint density at radius 1 is 1.33 bits per heavy atom. The van der Waals surface area contributed by atoms with Gasteiger partial charge in [0.05, 0.1) is 5.41 Å². The van der Waals surface area contributed by atoms with Crippen molar-refractivity contribution in [3.8, 4) is 0 Å². The molecule has 0 saturated carbocycles. The van der Waals surface area contributed by atoms with E-state index in [1.54, 1.807) is 30.6 Å². The van der Waals surface area contributed by atoms with E-state index in [4.69, 9.17) is 23.2 Å². The summed E-state index contributed by atoms with van der Waals surface area (Å²) in [5, 5.41) is 1.04. The molecule has 0 aliphatic carbocycles. The largest absolute Gasteiger partial charge is 0.276 e. The predicted octanol–water partition coefficient (Wildman–Crippen LogP) is 3.81. The molecule has 0 fully saturated rings. The average Bonchev–Trinajstić information content (AvgIpc) is 2.80. The monoisotopic (exact) mass is 282 g/mol. The fourth-order valence-corrected chi connectivity index (χ4v) is 2.46. The fourth-order valence-electron chi connectivity index (χ4n) is 1.81. The van der Waals surface area contributed by atoms with Crippen LogP contribution < -0.4 is 0 Å². The second-order valence-electron chi connectivity index (χ2n) is 4.52. The lowest BCUT2D eigenvalue weighted by atomic mass is 9.83. The van der Waals surface area contributed by atoms with Gasteiger partial charge in [-0.3, -0.25) is 9.36 Å². The third-order valence-corrected chi connectivity index (χ3v) is 3.43. The molecule has 18 heavy (non-hydrogen) atoms. The second-order valence-corrected chi connectivity index (χ2v) is 5.37. The Balaban J connectivity index is 2.44. The number of nitrogens with zero attached hydrogens (tertiary/aromatic N) is 2. The number of aromatic nitrogens is 2. The number of rotatable bonds is 2. The Labute approximate surface area is 115 Å². The molecule has 0 aliphatic heterocycles. The molecule has 94 valence electrons. The van der Waals surface area contributed by atoms with Gasteiger partial charge < -0.3 is 0 Å². The van der Waals surface area contributed by atoms with Crippen LogP contribution >= 0.6 is 23.2 Å². The molecule has 3 nitrogen and oxygen atoms in total. The number of hydrogen-bond acceptors (Lipinski definition) is 2. The number of imidazole rings is 1. The third kappa shape index (κ3) is 2.28. The molecule has 0 amide bonds. The van der Waals surface area contributed by atoms with Gasteiger partial charge in [0.1, 0.15) is 6.33 Å². The summed E-state index contributed by atoms with van der Waals surface area (Å²) in [5.41, 5.74) is -0.00481. The van der Waals surface area contributed by atoms with Crippen LogP contribution in [0, 0.1) is 0 Å². The SMILES string of the molecule is CC(C)(C(=O)n1ccnc1)c1ccc(Cl)cc1Cl. The normalized spacial score (nSPS) is 11.6. The Hall–Kier alpha value is -1.32. The first kappa shape index (κ1) is 13.1. The number of carbonyl (C=O) groups is 1. The van der Waals surface area contributed by atoms with Crippen LogP contribution in [0.5, 0.6) is 0 Å². The molecule has 0 atom stereocenters. The molecule has 1 heterocycles. The minimum Gasteiger partial charge on any atom is -0.276 e. The zero-order valence-electron chi connectivity index (χ0n) is 10.0. The highest BCUT2D eigenvalue weighted by atomic mass is 35.5. The van der Waals surface area contributed by atoms with Crippen LogP contribution in [0.3, 0.4) is 0 Å². The minimum absolute atomic E-state index is 0.0933.